The van der Waals surface area contributed by atoms with E-state index in [1.165, 1.54) is 16.7 Å². The summed E-state index contributed by atoms with van der Waals surface area (Å²) in [6.07, 6.45) is 0. The van der Waals surface area contributed by atoms with Crippen LogP contribution in [0.15, 0.2) is 53.3 Å². The van der Waals surface area contributed by atoms with E-state index in [1.807, 2.05) is 31.2 Å². The Balaban J connectivity index is 1.91. The first kappa shape index (κ1) is 18.7. The van der Waals surface area contributed by atoms with E-state index in [0.717, 1.165) is 10.9 Å². The van der Waals surface area contributed by atoms with Crippen molar-refractivity contribution in [3.8, 4) is 0 Å². The van der Waals surface area contributed by atoms with Crippen LogP contribution in [0.3, 0.4) is 0 Å². The second-order valence-electron chi connectivity index (χ2n) is 5.99. The quantitative estimate of drug-likeness (QED) is 0.726. The van der Waals surface area contributed by atoms with Crippen molar-refractivity contribution in [1.29, 1.82) is 0 Å². The zero-order chi connectivity index (χ0) is 19.6. The summed E-state index contributed by atoms with van der Waals surface area (Å²) in [4.78, 5) is 37.0. The molecular formula is C20H18ClN3O3. The lowest BCUT2D eigenvalue weighted by Crippen LogP contribution is -2.28. The van der Waals surface area contributed by atoms with Gasteiger partial charge in [-0.2, -0.15) is 0 Å². The molecule has 0 saturated heterocycles. The molecule has 0 saturated carbocycles. The summed E-state index contributed by atoms with van der Waals surface area (Å²) >= 11 is 6.15. The number of rotatable bonds is 4. The lowest BCUT2D eigenvalue weighted by atomic mass is 10.1. The van der Waals surface area contributed by atoms with Gasteiger partial charge in [-0.25, -0.2) is 0 Å². The summed E-state index contributed by atoms with van der Waals surface area (Å²) in [5, 5.41) is 6.33. The van der Waals surface area contributed by atoms with Crippen LogP contribution in [0.1, 0.15) is 27.6 Å². The molecule has 6 nitrogen and oxygen atoms in total. The number of amides is 2. The molecule has 2 N–H and O–H groups in total. The summed E-state index contributed by atoms with van der Waals surface area (Å²) in [5.41, 5.74) is 1.09. The predicted octanol–water partition coefficient (Wildman–Crippen LogP) is 3.19. The molecule has 2 aromatic carbocycles. The molecule has 0 fully saturated rings. The largest absolute Gasteiger partial charge is 0.352 e. The molecule has 0 bridgehead atoms. The van der Waals surface area contributed by atoms with E-state index in [2.05, 4.69) is 10.6 Å². The van der Waals surface area contributed by atoms with Crippen LogP contribution >= 0.6 is 11.6 Å². The van der Waals surface area contributed by atoms with Crippen LogP contribution in [0.2, 0.25) is 5.02 Å². The zero-order valence-corrected chi connectivity index (χ0v) is 15.6. The molecule has 1 aromatic heterocycles. The lowest BCUT2D eigenvalue weighted by molar-refractivity contribution is 0.0955. The van der Waals surface area contributed by atoms with E-state index in [0.29, 0.717) is 17.8 Å². The van der Waals surface area contributed by atoms with Gasteiger partial charge < -0.3 is 15.2 Å². The minimum Gasteiger partial charge on any atom is -0.352 e. The number of aromatic nitrogens is 1. The average molecular weight is 384 g/mol. The Morgan fingerprint density at radius 2 is 1.78 bits per heavy atom. The number of nitrogens with one attached hydrogen (secondary N) is 2. The normalized spacial score (nSPS) is 10.6. The third kappa shape index (κ3) is 3.71. The van der Waals surface area contributed by atoms with E-state index in [-0.39, 0.29) is 16.5 Å². The third-order valence-corrected chi connectivity index (χ3v) is 4.50. The maximum Gasteiger partial charge on any atom is 0.263 e. The van der Waals surface area contributed by atoms with Crippen LogP contribution in [0, 0.1) is 0 Å². The summed E-state index contributed by atoms with van der Waals surface area (Å²) in [6.45, 7) is 2.30. The van der Waals surface area contributed by atoms with Crippen LogP contribution in [0.4, 0.5) is 5.69 Å². The molecule has 7 heteroatoms. The van der Waals surface area contributed by atoms with Crippen LogP contribution in [0.25, 0.3) is 10.9 Å². The molecular weight excluding hydrogens is 366 g/mol. The van der Waals surface area contributed by atoms with Crippen molar-refractivity contribution in [3.05, 3.63) is 75.0 Å². The number of carbonyl (C=O) groups is 2. The maximum absolute atomic E-state index is 12.6. The molecule has 138 valence electrons. The zero-order valence-electron chi connectivity index (χ0n) is 14.9. The van der Waals surface area contributed by atoms with Gasteiger partial charge in [0, 0.05) is 19.3 Å². The van der Waals surface area contributed by atoms with E-state index in [4.69, 9.17) is 11.6 Å². The number of aryl methyl sites for hydroxylation is 1. The number of hydrogen-bond acceptors (Lipinski definition) is 3. The van der Waals surface area contributed by atoms with Crippen LogP contribution in [-0.4, -0.2) is 22.9 Å². The minimum absolute atomic E-state index is 0.0279. The highest BCUT2D eigenvalue weighted by molar-refractivity contribution is 6.34. The molecule has 0 spiro atoms. The number of nitrogens with zero attached hydrogens (tertiary/aromatic N) is 1. The molecule has 0 atom stereocenters. The average Bonchev–Trinajstić information content (AvgIpc) is 2.65. The summed E-state index contributed by atoms with van der Waals surface area (Å²) in [7, 11) is 1.62. The first-order valence-corrected chi connectivity index (χ1v) is 8.78. The van der Waals surface area contributed by atoms with E-state index < -0.39 is 11.5 Å². The Labute approximate surface area is 160 Å². The van der Waals surface area contributed by atoms with Gasteiger partial charge in [0.2, 0.25) is 0 Å². The Bertz CT molecular complexity index is 1110. The molecule has 3 rings (SSSR count). The van der Waals surface area contributed by atoms with Gasteiger partial charge in [-0.1, -0.05) is 29.8 Å². The van der Waals surface area contributed by atoms with Gasteiger partial charge in [0.25, 0.3) is 17.4 Å². The number of benzene rings is 2. The SMILES string of the molecule is CCNC(=O)c1ccc(NC(=O)c2cc3ccccc3n(C)c2=O)cc1Cl. The minimum atomic E-state index is -0.539. The lowest BCUT2D eigenvalue weighted by Gasteiger charge is -2.11. The van der Waals surface area contributed by atoms with Gasteiger partial charge in [-0.3, -0.25) is 14.4 Å². The maximum atomic E-state index is 12.6. The fourth-order valence-electron chi connectivity index (χ4n) is 2.82. The van der Waals surface area contributed by atoms with E-state index in [1.54, 1.807) is 19.2 Å². The number of hydrogen-bond donors (Lipinski definition) is 2. The number of fused-ring (bicyclic) bond motifs is 1. The second kappa shape index (κ2) is 7.63. The number of anilines is 1. The molecule has 0 radical (unpaired) electrons. The second-order valence-corrected chi connectivity index (χ2v) is 6.40. The summed E-state index contributed by atoms with van der Waals surface area (Å²) in [5.74, 6) is -0.827. The fraction of sp³-hybridized carbons (Fsp3) is 0.150. The van der Waals surface area contributed by atoms with Gasteiger partial charge in [-0.05, 0) is 42.6 Å². The van der Waals surface area contributed by atoms with Crippen molar-refractivity contribution in [3.63, 3.8) is 0 Å². The Morgan fingerprint density at radius 3 is 2.48 bits per heavy atom. The summed E-state index contributed by atoms with van der Waals surface area (Å²) in [6, 6.07) is 13.5. The van der Waals surface area contributed by atoms with Gasteiger partial charge in [0.05, 0.1) is 16.1 Å². The first-order chi connectivity index (χ1) is 12.9. The molecule has 0 aliphatic rings. The van der Waals surface area contributed by atoms with Gasteiger partial charge in [0.15, 0.2) is 0 Å². The third-order valence-electron chi connectivity index (χ3n) is 4.19. The van der Waals surface area contributed by atoms with Crippen LogP contribution in [0.5, 0.6) is 0 Å². The first-order valence-electron chi connectivity index (χ1n) is 8.40. The van der Waals surface area contributed by atoms with Crippen molar-refractivity contribution in [2.75, 3.05) is 11.9 Å². The number of carbonyl (C=O) groups excluding carboxylic acids is 2. The van der Waals surface area contributed by atoms with Gasteiger partial charge in [-0.15, -0.1) is 0 Å². The number of pyridine rings is 1. The highest BCUT2D eigenvalue weighted by Crippen LogP contribution is 2.22. The smallest absolute Gasteiger partial charge is 0.263 e. The molecule has 0 aliphatic carbocycles. The molecule has 1 heterocycles. The number of para-hydroxylation sites is 1. The highest BCUT2D eigenvalue weighted by Gasteiger charge is 2.16. The summed E-state index contributed by atoms with van der Waals surface area (Å²) < 4.78 is 1.44. The predicted molar refractivity (Wildman–Crippen MR) is 107 cm³/mol. The van der Waals surface area contributed by atoms with Crippen molar-refractivity contribution in [2.45, 2.75) is 6.92 Å². The van der Waals surface area contributed by atoms with Crippen molar-refractivity contribution < 1.29 is 9.59 Å². The highest BCUT2D eigenvalue weighted by atomic mass is 35.5. The molecule has 27 heavy (non-hydrogen) atoms. The van der Waals surface area contributed by atoms with Crippen LogP contribution < -0.4 is 16.2 Å². The van der Waals surface area contributed by atoms with Gasteiger partial charge in [0.1, 0.15) is 5.56 Å². The Hall–Kier alpha value is -3.12. The molecule has 2 amide bonds. The Kier molecular flexibility index (Phi) is 5.28. The standard InChI is InChI=1S/C20H18ClN3O3/c1-3-22-18(25)14-9-8-13(11-16(14)21)23-19(26)15-10-12-6-4-5-7-17(12)24(2)20(15)27/h4-11H,3H2,1-2H3,(H,22,25)(H,23,26). The fourth-order valence-corrected chi connectivity index (χ4v) is 3.08. The van der Waals surface area contributed by atoms with E-state index >= 15 is 0 Å². The van der Waals surface area contributed by atoms with Crippen molar-refractivity contribution >= 4 is 40.0 Å². The van der Waals surface area contributed by atoms with Crippen LogP contribution in [-0.2, 0) is 7.05 Å². The Morgan fingerprint density at radius 1 is 1.04 bits per heavy atom. The topological polar surface area (TPSA) is 80.2 Å². The van der Waals surface area contributed by atoms with Gasteiger partial charge >= 0.3 is 0 Å². The van der Waals surface area contributed by atoms with Crippen molar-refractivity contribution in [2.24, 2.45) is 7.05 Å². The monoisotopic (exact) mass is 383 g/mol. The van der Waals surface area contributed by atoms with E-state index in [9.17, 15) is 14.4 Å². The molecule has 3 aromatic rings. The molecule has 0 aliphatic heterocycles. The van der Waals surface area contributed by atoms with Crippen molar-refractivity contribution in [1.82, 2.24) is 9.88 Å². The molecule has 0 unspecified atom stereocenters. The number of halogens is 1.